The number of para-hydroxylation sites is 3. The van der Waals surface area contributed by atoms with E-state index in [2.05, 4.69) is 198 Å². The van der Waals surface area contributed by atoms with Crippen molar-refractivity contribution >= 4 is 74.3 Å². The van der Waals surface area contributed by atoms with Gasteiger partial charge in [-0.1, -0.05) is 98.8 Å². The van der Waals surface area contributed by atoms with Crippen molar-refractivity contribution < 1.29 is 0 Å². The lowest BCUT2D eigenvalue weighted by Crippen LogP contribution is -2.61. The zero-order valence-electron chi connectivity index (χ0n) is 33.4. The number of rotatable bonds is 5. The third kappa shape index (κ3) is 4.66. The Morgan fingerprint density at radius 2 is 1.00 bits per heavy atom. The van der Waals surface area contributed by atoms with Crippen LogP contribution in [0.2, 0.25) is 0 Å². The fourth-order valence-electron chi connectivity index (χ4n) is 11.0. The molecule has 3 nitrogen and oxygen atoms in total. The molecule has 0 N–H and O–H groups in total. The molecule has 0 atom stereocenters. The van der Waals surface area contributed by atoms with E-state index in [9.17, 15) is 0 Å². The Morgan fingerprint density at radius 3 is 1.66 bits per heavy atom. The van der Waals surface area contributed by atoms with Crippen molar-refractivity contribution in [2.24, 2.45) is 0 Å². The molecular weight excluding hydrogens is 713 g/mol. The van der Waals surface area contributed by atoms with Crippen molar-refractivity contribution in [1.82, 2.24) is 0 Å². The van der Waals surface area contributed by atoms with Crippen molar-refractivity contribution in [2.45, 2.75) is 44.9 Å². The highest BCUT2D eigenvalue weighted by Gasteiger charge is 2.46. The van der Waals surface area contributed by atoms with Gasteiger partial charge in [0.25, 0.3) is 6.71 Å². The van der Waals surface area contributed by atoms with E-state index in [1.165, 1.54) is 114 Å². The summed E-state index contributed by atoms with van der Waals surface area (Å²) in [6.45, 7) is 4.97. The molecular formula is C55H42BN3. The van der Waals surface area contributed by atoms with Crippen LogP contribution >= 0.6 is 0 Å². The topological polar surface area (TPSA) is 9.72 Å². The molecule has 59 heavy (non-hydrogen) atoms. The third-order valence-electron chi connectivity index (χ3n) is 14.2. The summed E-state index contributed by atoms with van der Waals surface area (Å²) in [6.07, 6.45) is 4.67. The average molecular weight is 756 g/mol. The standard InChI is InChI=1S/C55H42BN3/c1-55(2)46-32-43(57(39-13-6-3-7-14-39)40-15-8-4-9-16-40)27-28-44(46)45-33-53-49(34-47(45)55)56-48-30-37-23-24-38(37)31-52(48)59(42-26-25-35-21-22-36(35)29-42)51-20-12-19-50(54(51)56)58(53)41-17-10-5-11-18-41/h3-20,25-34H,21-24H2,1-2H3. The van der Waals surface area contributed by atoms with Crippen molar-refractivity contribution in [3.63, 3.8) is 0 Å². The first-order valence-corrected chi connectivity index (χ1v) is 21.3. The molecule has 0 spiro atoms. The molecule has 0 bridgehead atoms. The Labute approximate surface area is 346 Å². The van der Waals surface area contributed by atoms with Crippen molar-refractivity contribution in [3.05, 3.63) is 203 Å². The quantitative estimate of drug-likeness (QED) is 0.162. The maximum Gasteiger partial charge on any atom is 0.252 e. The first-order valence-electron chi connectivity index (χ1n) is 21.3. The number of nitrogens with zero attached hydrogens (tertiary/aromatic N) is 3. The van der Waals surface area contributed by atoms with E-state index in [0.717, 1.165) is 24.2 Å². The highest BCUT2D eigenvalue weighted by atomic mass is 15.2. The van der Waals surface area contributed by atoms with E-state index >= 15 is 0 Å². The summed E-state index contributed by atoms with van der Waals surface area (Å²) < 4.78 is 0. The molecule has 0 unspecified atom stereocenters. The molecule has 4 heteroatoms. The maximum atomic E-state index is 2.61. The van der Waals surface area contributed by atoms with Crippen molar-refractivity contribution in [3.8, 4) is 11.1 Å². The largest absolute Gasteiger partial charge is 0.311 e. The van der Waals surface area contributed by atoms with Crippen LogP contribution in [0.1, 0.15) is 47.2 Å². The minimum atomic E-state index is -0.220. The van der Waals surface area contributed by atoms with Gasteiger partial charge in [-0.2, -0.15) is 0 Å². The second-order valence-electron chi connectivity index (χ2n) is 17.6. The molecule has 0 aromatic heterocycles. The molecule has 0 saturated carbocycles. The van der Waals surface area contributed by atoms with Crippen LogP contribution in [0.4, 0.5) is 51.2 Å². The number of hydrogen-bond donors (Lipinski definition) is 0. The molecule has 280 valence electrons. The molecule has 5 aliphatic rings. The molecule has 2 aliphatic heterocycles. The number of hydrogen-bond acceptors (Lipinski definition) is 3. The lowest BCUT2D eigenvalue weighted by atomic mass is 9.33. The van der Waals surface area contributed by atoms with Gasteiger partial charge in [-0.25, -0.2) is 0 Å². The fourth-order valence-corrected chi connectivity index (χ4v) is 11.0. The van der Waals surface area contributed by atoms with Gasteiger partial charge in [0.15, 0.2) is 0 Å². The van der Waals surface area contributed by atoms with Crippen LogP contribution < -0.4 is 31.1 Å². The van der Waals surface area contributed by atoms with Crippen molar-refractivity contribution in [1.29, 1.82) is 0 Å². The van der Waals surface area contributed by atoms with E-state index in [1.54, 1.807) is 0 Å². The van der Waals surface area contributed by atoms with E-state index in [0.29, 0.717) is 0 Å². The van der Waals surface area contributed by atoms with Crippen LogP contribution in [0.15, 0.2) is 170 Å². The molecule has 0 amide bonds. The number of anilines is 9. The third-order valence-corrected chi connectivity index (χ3v) is 14.2. The molecule has 13 rings (SSSR count). The maximum absolute atomic E-state index is 2.61. The predicted molar refractivity (Wildman–Crippen MR) is 248 cm³/mol. The summed E-state index contributed by atoms with van der Waals surface area (Å²) in [4.78, 5) is 7.54. The van der Waals surface area contributed by atoms with Gasteiger partial charge < -0.3 is 14.7 Å². The highest BCUT2D eigenvalue weighted by Crippen LogP contribution is 2.53. The predicted octanol–water partition coefficient (Wildman–Crippen LogP) is 11.7. The minimum absolute atomic E-state index is 0.104. The van der Waals surface area contributed by atoms with Gasteiger partial charge in [-0.3, -0.25) is 0 Å². The van der Waals surface area contributed by atoms with E-state index < -0.39 is 0 Å². The highest BCUT2D eigenvalue weighted by molar-refractivity contribution is 7.00. The summed E-state index contributed by atoms with van der Waals surface area (Å²) in [5.74, 6) is 0. The van der Waals surface area contributed by atoms with Gasteiger partial charge in [0, 0.05) is 56.6 Å². The normalized spacial score (nSPS) is 15.4. The number of fused-ring (bicyclic) bond motifs is 9. The van der Waals surface area contributed by atoms with Gasteiger partial charge in [0.05, 0.1) is 0 Å². The molecule has 0 radical (unpaired) electrons. The average Bonchev–Trinajstić information content (AvgIpc) is 3.47. The lowest BCUT2D eigenvalue weighted by Gasteiger charge is -2.45. The Bertz CT molecular complexity index is 3010. The van der Waals surface area contributed by atoms with Gasteiger partial charge >= 0.3 is 0 Å². The van der Waals surface area contributed by atoms with Crippen LogP contribution in [-0.2, 0) is 31.1 Å². The number of benzene rings is 8. The second kappa shape index (κ2) is 12.1. The Kier molecular flexibility index (Phi) is 6.83. The van der Waals surface area contributed by atoms with Crippen molar-refractivity contribution in [2.75, 3.05) is 14.7 Å². The van der Waals surface area contributed by atoms with E-state index in [1.807, 2.05) is 0 Å². The fraction of sp³-hybridized carbons (Fsp3) is 0.127. The van der Waals surface area contributed by atoms with Gasteiger partial charge in [0.1, 0.15) is 0 Å². The Morgan fingerprint density at radius 1 is 0.424 bits per heavy atom. The van der Waals surface area contributed by atoms with Crippen LogP contribution in [0.25, 0.3) is 11.1 Å². The van der Waals surface area contributed by atoms with Crippen LogP contribution in [-0.4, -0.2) is 6.71 Å². The first kappa shape index (κ1) is 33.2. The summed E-state index contributed by atoms with van der Waals surface area (Å²) in [6, 6.07) is 64.2. The summed E-state index contributed by atoms with van der Waals surface area (Å²) in [5.41, 5.74) is 26.5. The summed E-state index contributed by atoms with van der Waals surface area (Å²) in [5, 5.41) is 0. The lowest BCUT2D eigenvalue weighted by molar-refractivity contribution is 0.661. The van der Waals surface area contributed by atoms with Gasteiger partial charge in [-0.15, -0.1) is 0 Å². The minimum Gasteiger partial charge on any atom is -0.311 e. The zero-order chi connectivity index (χ0) is 39.0. The van der Waals surface area contributed by atoms with Crippen LogP contribution in [0.3, 0.4) is 0 Å². The molecule has 8 aromatic rings. The molecule has 3 aliphatic carbocycles. The Balaban J connectivity index is 1.04. The molecule has 8 aromatic carbocycles. The zero-order valence-corrected chi connectivity index (χ0v) is 33.4. The first-order chi connectivity index (χ1) is 29.0. The van der Waals surface area contributed by atoms with Gasteiger partial charge in [0.2, 0.25) is 0 Å². The smallest absolute Gasteiger partial charge is 0.252 e. The molecule has 0 fully saturated rings. The monoisotopic (exact) mass is 755 g/mol. The van der Waals surface area contributed by atoms with Crippen LogP contribution in [0.5, 0.6) is 0 Å². The SMILES string of the molecule is CC1(C)c2cc(N(c3ccccc3)c3ccccc3)ccc2-c2cc3c(cc21)B1c2cc4c(cc2N(c2ccc5c(c2)CC5)c2cccc(c21)N3c1ccccc1)CC4. The van der Waals surface area contributed by atoms with Gasteiger partial charge in [-0.05, 0) is 172 Å². The van der Waals surface area contributed by atoms with Crippen LogP contribution in [0, 0.1) is 0 Å². The molecule has 0 saturated heterocycles. The number of aryl methyl sites for hydroxylation is 4. The Hall–Kier alpha value is -6.78. The molecule has 2 heterocycles. The summed E-state index contributed by atoms with van der Waals surface area (Å²) >= 11 is 0. The summed E-state index contributed by atoms with van der Waals surface area (Å²) in [7, 11) is 0. The van der Waals surface area contributed by atoms with E-state index in [-0.39, 0.29) is 12.1 Å². The van der Waals surface area contributed by atoms with E-state index in [4.69, 9.17) is 0 Å². The second-order valence-corrected chi connectivity index (χ2v) is 17.6.